The van der Waals surface area contributed by atoms with Gasteiger partial charge in [0.15, 0.2) is 0 Å². The number of likely N-dealkylation sites (N-methyl/N-ethyl adjacent to an activating group) is 1. The van der Waals surface area contributed by atoms with E-state index in [1.165, 1.54) is 45.1 Å². The van der Waals surface area contributed by atoms with Crippen molar-refractivity contribution in [3.05, 3.63) is 0 Å². The first-order valence-corrected chi connectivity index (χ1v) is 7.13. The van der Waals surface area contributed by atoms with Gasteiger partial charge in [0, 0.05) is 24.7 Å². The van der Waals surface area contributed by atoms with Gasteiger partial charge in [-0.15, -0.1) is 0 Å². The van der Waals surface area contributed by atoms with Crippen LogP contribution in [0.1, 0.15) is 52.4 Å². The Kier molecular flexibility index (Phi) is 4.26. The van der Waals surface area contributed by atoms with Crippen molar-refractivity contribution in [2.75, 3.05) is 13.6 Å². The van der Waals surface area contributed by atoms with Crippen LogP contribution in [0.2, 0.25) is 0 Å². The van der Waals surface area contributed by atoms with E-state index in [4.69, 9.17) is 0 Å². The van der Waals surface area contributed by atoms with E-state index in [-0.39, 0.29) is 0 Å². The SMILES string of the molecule is CC1CCCCCC1NC1CC(C)N(C)C1. The second-order valence-corrected chi connectivity index (χ2v) is 6.11. The van der Waals surface area contributed by atoms with Gasteiger partial charge in [-0.3, -0.25) is 0 Å². The first kappa shape index (κ1) is 12.4. The van der Waals surface area contributed by atoms with E-state index in [0.29, 0.717) is 0 Å². The van der Waals surface area contributed by atoms with Gasteiger partial charge in [-0.05, 0) is 39.2 Å². The topological polar surface area (TPSA) is 15.3 Å². The van der Waals surface area contributed by atoms with Gasteiger partial charge >= 0.3 is 0 Å². The van der Waals surface area contributed by atoms with Crippen LogP contribution in [0.4, 0.5) is 0 Å². The predicted octanol–water partition coefficient (Wildman–Crippen LogP) is 2.64. The average molecular weight is 224 g/mol. The standard InChI is InChI=1S/C14H28N2/c1-11-7-5-4-6-8-14(11)15-13-9-12(2)16(3)10-13/h11-15H,4-10H2,1-3H3. The Morgan fingerprint density at radius 3 is 2.50 bits per heavy atom. The monoisotopic (exact) mass is 224 g/mol. The van der Waals surface area contributed by atoms with Crippen LogP contribution in [-0.4, -0.2) is 36.6 Å². The third kappa shape index (κ3) is 2.98. The molecule has 16 heavy (non-hydrogen) atoms. The predicted molar refractivity (Wildman–Crippen MR) is 69.7 cm³/mol. The molecule has 2 nitrogen and oxygen atoms in total. The Labute approximate surface area is 101 Å². The molecule has 0 aromatic heterocycles. The van der Waals surface area contributed by atoms with E-state index < -0.39 is 0 Å². The highest BCUT2D eigenvalue weighted by Gasteiger charge is 2.29. The van der Waals surface area contributed by atoms with Crippen LogP contribution < -0.4 is 5.32 Å². The van der Waals surface area contributed by atoms with E-state index >= 15 is 0 Å². The molecular formula is C14H28N2. The van der Waals surface area contributed by atoms with Gasteiger partial charge in [-0.1, -0.05) is 26.2 Å². The van der Waals surface area contributed by atoms with E-state index in [1.807, 2.05) is 0 Å². The Morgan fingerprint density at radius 1 is 1.06 bits per heavy atom. The molecule has 0 bridgehead atoms. The van der Waals surface area contributed by atoms with Crippen LogP contribution in [0.25, 0.3) is 0 Å². The summed E-state index contributed by atoms with van der Waals surface area (Å²) in [6.07, 6.45) is 8.48. The van der Waals surface area contributed by atoms with Crippen molar-refractivity contribution in [3.63, 3.8) is 0 Å². The number of rotatable bonds is 2. The average Bonchev–Trinajstić information content (AvgIpc) is 2.44. The molecule has 0 amide bonds. The fourth-order valence-electron chi connectivity index (χ4n) is 3.36. The van der Waals surface area contributed by atoms with E-state index in [1.54, 1.807) is 0 Å². The van der Waals surface area contributed by atoms with Crippen molar-refractivity contribution in [1.82, 2.24) is 10.2 Å². The molecule has 1 saturated heterocycles. The second kappa shape index (κ2) is 5.50. The van der Waals surface area contributed by atoms with Crippen LogP contribution in [0.5, 0.6) is 0 Å². The smallest absolute Gasteiger partial charge is 0.0212 e. The molecule has 0 aromatic carbocycles. The first-order valence-electron chi connectivity index (χ1n) is 7.13. The van der Waals surface area contributed by atoms with Crippen molar-refractivity contribution in [2.24, 2.45) is 5.92 Å². The summed E-state index contributed by atoms with van der Waals surface area (Å²) >= 11 is 0. The molecule has 94 valence electrons. The number of hydrogen-bond acceptors (Lipinski definition) is 2. The van der Waals surface area contributed by atoms with Gasteiger partial charge in [-0.25, -0.2) is 0 Å². The molecule has 1 N–H and O–H groups in total. The summed E-state index contributed by atoms with van der Waals surface area (Å²) in [5.41, 5.74) is 0. The van der Waals surface area contributed by atoms with Gasteiger partial charge < -0.3 is 10.2 Å². The summed E-state index contributed by atoms with van der Waals surface area (Å²) in [6.45, 7) is 6.02. The Balaban J connectivity index is 1.83. The Morgan fingerprint density at radius 2 is 1.81 bits per heavy atom. The lowest BCUT2D eigenvalue weighted by Gasteiger charge is -2.26. The number of nitrogens with zero attached hydrogens (tertiary/aromatic N) is 1. The molecule has 2 rings (SSSR count). The molecule has 2 aliphatic rings. The maximum atomic E-state index is 3.93. The lowest BCUT2D eigenvalue weighted by Crippen LogP contribution is -2.42. The number of hydrogen-bond donors (Lipinski definition) is 1. The van der Waals surface area contributed by atoms with Crippen molar-refractivity contribution >= 4 is 0 Å². The minimum Gasteiger partial charge on any atom is -0.310 e. The number of likely N-dealkylation sites (tertiary alicyclic amines) is 1. The van der Waals surface area contributed by atoms with Gasteiger partial charge in [-0.2, -0.15) is 0 Å². The molecule has 2 heteroatoms. The molecule has 0 radical (unpaired) electrons. The van der Waals surface area contributed by atoms with Gasteiger partial charge in [0.1, 0.15) is 0 Å². The summed E-state index contributed by atoms with van der Waals surface area (Å²) in [5, 5.41) is 3.93. The fourth-order valence-corrected chi connectivity index (χ4v) is 3.36. The lowest BCUT2D eigenvalue weighted by atomic mass is 9.96. The summed E-state index contributed by atoms with van der Waals surface area (Å²) in [6, 6.07) is 2.29. The summed E-state index contributed by atoms with van der Waals surface area (Å²) in [4.78, 5) is 2.49. The highest BCUT2D eigenvalue weighted by atomic mass is 15.2. The third-order valence-corrected chi connectivity index (χ3v) is 4.70. The molecule has 1 aliphatic heterocycles. The molecule has 1 saturated carbocycles. The first-order chi connectivity index (χ1) is 7.66. The minimum atomic E-state index is 0.741. The zero-order valence-electron chi connectivity index (χ0n) is 11.2. The molecule has 2 fully saturated rings. The maximum Gasteiger partial charge on any atom is 0.0212 e. The molecule has 4 unspecified atom stereocenters. The quantitative estimate of drug-likeness (QED) is 0.725. The Hall–Kier alpha value is -0.0800. The molecular weight excluding hydrogens is 196 g/mol. The van der Waals surface area contributed by atoms with Crippen LogP contribution >= 0.6 is 0 Å². The van der Waals surface area contributed by atoms with E-state index in [0.717, 1.165) is 24.0 Å². The van der Waals surface area contributed by atoms with Crippen LogP contribution in [-0.2, 0) is 0 Å². The van der Waals surface area contributed by atoms with Gasteiger partial charge in [0.25, 0.3) is 0 Å². The van der Waals surface area contributed by atoms with Crippen LogP contribution in [0, 0.1) is 5.92 Å². The molecule has 0 aromatic rings. The van der Waals surface area contributed by atoms with Crippen molar-refractivity contribution < 1.29 is 0 Å². The molecule has 0 spiro atoms. The van der Waals surface area contributed by atoms with Gasteiger partial charge in [0.2, 0.25) is 0 Å². The summed E-state index contributed by atoms with van der Waals surface area (Å²) in [5.74, 6) is 0.878. The zero-order valence-corrected chi connectivity index (χ0v) is 11.2. The highest BCUT2D eigenvalue weighted by Crippen LogP contribution is 2.25. The van der Waals surface area contributed by atoms with Crippen LogP contribution in [0.3, 0.4) is 0 Å². The van der Waals surface area contributed by atoms with Gasteiger partial charge in [0.05, 0.1) is 0 Å². The van der Waals surface area contributed by atoms with Crippen molar-refractivity contribution in [3.8, 4) is 0 Å². The normalized spacial score (nSPS) is 42.2. The largest absolute Gasteiger partial charge is 0.310 e. The lowest BCUT2D eigenvalue weighted by molar-refractivity contribution is 0.305. The van der Waals surface area contributed by atoms with E-state index in [9.17, 15) is 0 Å². The molecule has 1 heterocycles. The zero-order chi connectivity index (χ0) is 11.5. The Bertz CT molecular complexity index is 207. The summed E-state index contributed by atoms with van der Waals surface area (Å²) in [7, 11) is 2.25. The van der Waals surface area contributed by atoms with Crippen molar-refractivity contribution in [2.45, 2.75) is 70.5 Å². The second-order valence-electron chi connectivity index (χ2n) is 6.11. The molecule has 1 aliphatic carbocycles. The molecule has 4 atom stereocenters. The maximum absolute atomic E-state index is 3.93. The summed E-state index contributed by atoms with van der Waals surface area (Å²) < 4.78 is 0. The van der Waals surface area contributed by atoms with Crippen LogP contribution in [0.15, 0.2) is 0 Å². The fraction of sp³-hybridized carbons (Fsp3) is 1.00. The van der Waals surface area contributed by atoms with E-state index in [2.05, 4.69) is 31.1 Å². The minimum absolute atomic E-state index is 0.741. The highest BCUT2D eigenvalue weighted by molar-refractivity contribution is 4.89. The van der Waals surface area contributed by atoms with Crippen molar-refractivity contribution in [1.29, 1.82) is 0 Å². The number of nitrogens with one attached hydrogen (secondary N) is 1. The third-order valence-electron chi connectivity index (χ3n) is 4.70.